The Morgan fingerprint density at radius 3 is 1.26 bits per heavy atom. The molecule has 0 aromatic carbocycles. The van der Waals surface area contributed by atoms with Gasteiger partial charge in [0.05, 0.1) is 6.61 Å². The molecule has 1 N–H and O–H groups in total. The number of hydrogen-bond donors (Lipinski definition) is 1. The summed E-state index contributed by atoms with van der Waals surface area (Å²) in [6.45, 7) is 9.33. The molecule has 0 aliphatic heterocycles. The predicted molar refractivity (Wildman–Crippen MR) is 169 cm³/mol. The molecule has 0 unspecified atom stereocenters. The first-order valence-corrected chi connectivity index (χ1v) is 17.3. The van der Waals surface area contributed by atoms with Gasteiger partial charge in [0.1, 0.15) is 0 Å². The maximum atomic E-state index is 10.9. The smallest absolute Gasteiger partial charge is 0.305 e. The Bertz CT molecular complexity index is 489. The van der Waals surface area contributed by atoms with Crippen molar-refractivity contribution in [3.05, 3.63) is 0 Å². The van der Waals surface area contributed by atoms with Gasteiger partial charge in [0.2, 0.25) is 0 Å². The summed E-state index contributed by atoms with van der Waals surface area (Å²) in [6, 6.07) is 0. The van der Waals surface area contributed by atoms with E-state index in [1.54, 1.807) is 0 Å². The van der Waals surface area contributed by atoms with Crippen LogP contribution in [0, 0.1) is 5.92 Å². The third-order valence-electron chi connectivity index (χ3n) is 7.47. The molecule has 0 atom stereocenters. The number of esters is 1. The fraction of sp³-hybridized carbons (Fsp3) is 0.943. The highest BCUT2D eigenvalue weighted by atomic mass is 16.5. The number of rotatable bonds is 29. The fourth-order valence-electron chi connectivity index (χ4n) is 4.83. The summed E-state index contributed by atoms with van der Waals surface area (Å²) in [5.74, 6) is 0.145. The molecule has 0 spiro atoms. The van der Waals surface area contributed by atoms with E-state index in [0.717, 1.165) is 25.2 Å². The molecular formula is C35H70O4. The number of carboxylic acid groups (broad SMARTS) is 1. The summed E-state index contributed by atoms with van der Waals surface area (Å²) in [4.78, 5) is 21.2. The summed E-state index contributed by atoms with van der Waals surface area (Å²) in [7, 11) is 0. The topological polar surface area (TPSA) is 63.6 Å². The zero-order valence-electron chi connectivity index (χ0n) is 27.0. The number of hydrogen-bond acceptors (Lipinski definition) is 3. The van der Waals surface area contributed by atoms with E-state index in [-0.39, 0.29) is 5.97 Å². The molecule has 234 valence electrons. The number of unbranched alkanes of at least 4 members (excludes halogenated alkanes) is 22. The van der Waals surface area contributed by atoms with Gasteiger partial charge in [0, 0.05) is 12.8 Å². The van der Waals surface area contributed by atoms with Crippen LogP contribution in [0.15, 0.2) is 0 Å². The molecule has 0 amide bonds. The van der Waals surface area contributed by atoms with E-state index in [1.165, 1.54) is 141 Å². The van der Waals surface area contributed by atoms with E-state index in [1.807, 2.05) is 6.92 Å². The van der Waals surface area contributed by atoms with Gasteiger partial charge in [-0.15, -0.1) is 0 Å². The molecule has 0 bridgehead atoms. The van der Waals surface area contributed by atoms with E-state index in [9.17, 15) is 9.59 Å². The van der Waals surface area contributed by atoms with Crippen molar-refractivity contribution in [3.63, 3.8) is 0 Å². The van der Waals surface area contributed by atoms with E-state index < -0.39 is 5.97 Å². The first-order valence-electron chi connectivity index (χ1n) is 17.3. The lowest BCUT2D eigenvalue weighted by Gasteiger charge is -2.04. The summed E-state index contributed by atoms with van der Waals surface area (Å²) in [5, 5.41) is 8.52. The van der Waals surface area contributed by atoms with Crippen LogP contribution in [-0.2, 0) is 14.3 Å². The minimum atomic E-state index is -0.654. The van der Waals surface area contributed by atoms with Crippen molar-refractivity contribution >= 4 is 11.9 Å². The Morgan fingerprint density at radius 1 is 0.538 bits per heavy atom. The molecule has 39 heavy (non-hydrogen) atoms. The van der Waals surface area contributed by atoms with Crippen molar-refractivity contribution in [2.75, 3.05) is 6.61 Å². The zero-order chi connectivity index (χ0) is 29.2. The van der Waals surface area contributed by atoms with Gasteiger partial charge in [-0.25, -0.2) is 0 Å². The van der Waals surface area contributed by atoms with Gasteiger partial charge in [-0.05, 0) is 18.8 Å². The molecule has 0 saturated heterocycles. The minimum absolute atomic E-state index is 0.0666. The van der Waals surface area contributed by atoms with Crippen LogP contribution in [0.25, 0.3) is 0 Å². The van der Waals surface area contributed by atoms with E-state index in [0.29, 0.717) is 19.4 Å². The quantitative estimate of drug-likeness (QED) is 0.0737. The number of carboxylic acids is 1. The van der Waals surface area contributed by atoms with Gasteiger partial charge in [-0.3, -0.25) is 9.59 Å². The number of carbonyl (C=O) groups is 2. The second-order valence-corrected chi connectivity index (χ2v) is 12.0. The molecular weight excluding hydrogens is 484 g/mol. The van der Waals surface area contributed by atoms with Crippen molar-refractivity contribution in [2.24, 2.45) is 5.92 Å². The average Bonchev–Trinajstić information content (AvgIpc) is 2.91. The van der Waals surface area contributed by atoms with Gasteiger partial charge < -0.3 is 9.84 Å². The molecule has 0 heterocycles. The van der Waals surface area contributed by atoms with Crippen molar-refractivity contribution in [3.8, 4) is 0 Å². The van der Waals surface area contributed by atoms with Crippen molar-refractivity contribution in [2.45, 2.75) is 201 Å². The van der Waals surface area contributed by atoms with Crippen LogP contribution in [0.4, 0.5) is 0 Å². The number of aliphatic carboxylic acids is 1. The average molecular weight is 555 g/mol. The predicted octanol–water partition coefficient (Wildman–Crippen LogP) is 11.8. The summed E-state index contributed by atoms with van der Waals surface area (Å²) in [6.07, 6.45) is 33.9. The molecule has 4 heteroatoms. The third kappa shape index (κ3) is 41.6. The molecule has 0 aliphatic rings. The highest BCUT2D eigenvalue weighted by Gasteiger charge is 1.99. The lowest BCUT2D eigenvalue weighted by atomic mass is 10.0. The van der Waals surface area contributed by atoms with Crippen LogP contribution in [-0.4, -0.2) is 23.7 Å². The van der Waals surface area contributed by atoms with E-state index >= 15 is 0 Å². The zero-order valence-corrected chi connectivity index (χ0v) is 27.0. The van der Waals surface area contributed by atoms with Crippen LogP contribution in [0.1, 0.15) is 201 Å². The molecule has 0 fully saturated rings. The molecule has 0 radical (unpaired) electrons. The van der Waals surface area contributed by atoms with Crippen molar-refractivity contribution in [1.82, 2.24) is 0 Å². The Morgan fingerprint density at radius 2 is 0.897 bits per heavy atom. The Balaban J connectivity index is 0. The summed E-state index contributed by atoms with van der Waals surface area (Å²) in [5.41, 5.74) is 0. The second-order valence-electron chi connectivity index (χ2n) is 12.0. The highest BCUT2D eigenvalue weighted by molar-refractivity contribution is 5.68. The van der Waals surface area contributed by atoms with Gasteiger partial charge in [0.15, 0.2) is 0 Å². The Kier molecular flexibility index (Phi) is 35.9. The lowest BCUT2D eigenvalue weighted by Crippen LogP contribution is -2.03. The summed E-state index contributed by atoms with van der Waals surface area (Å²) >= 11 is 0. The van der Waals surface area contributed by atoms with Gasteiger partial charge in [0.25, 0.3) is 0 Å². The maximum absolute atomic E-state index is 10.9. The molecule has 0 aliphatic carbocycles. The monoisotopic (exact) mass is 555 g/mol. The Hall–Kier alpha value is -1.06. The SMILES string of the molecule is CC(C)CCCCCCCCCCCCCCC(=O)O.CCCCCCCCCCCCCCOC(=O)CC. The molecule has 0 rings (SSSR count). The number of carbonyl (C=O) groups excluding carboxylic acids is 1. The second kappa shape index (κ2) is 35.0. The van der Waals surface area contributed by atoms with Crippen LogP contribution in [0.3, 0.4) is 0 Å². The molecule has 4 nitrogen and oxygen atoms in total. The fourth-order valence-corrected chi connectivity index (χ4v) is 4.83. The Labute approximate surface area is 244 Å². The van der Waals surface area contributed by atoms with E-state index in [2.05, 4.69) is 20.8 Å². The number of ether oxygens (including phenoxy) is 1. The van der Waals surface area contributed by atoms with E-state index in [4.69, 9.17) is 9.84 Å². The van der Waals surface area contributed by atoms with Crippen LogP contribution >= 0.6 is 0 Å². The molecule has 0 aromatic rings. The van der Waals surface area contributed by atoms with Gasteiger partial charge >= 0.3 is 11.9 Å². The third-order valence-corrected chi connectivity index (χ3v) is 7.47. The molecule has 0 aromatic heterocycles. The molecule has 0 saturated carbocycles. The van der Waals surface area contributed by atoms with Crippen LogP contribution < -0.4 is 0 Å². The minimum Gasteiger partial charge on any atom is -0.481 e. The standard InChI is InChI=1S/C18H36O2.C17H34O2/c1-17(2)15-13-11-9-7-5-3-4-6-8-10-12-14-16-18(19)20;1-3-5-6-7-8-9-10-11-12-13-14-15-16-19-17(18)4-2/h17H,3-16H2,1-2H3,(H,19,20);3-16H2,1-2H3. The van der Waals surface area contributed by atoms with Crippen LogP contribution in [0.5, 0.6) is 0 Å². The van der Waals surface area contributed by atoms with Gasteiger partial charge in [-0.1, -0.05) is 175 Å². The van der Waals surface area contributed by atoms with Crippen molar-refractivity contribution < 1.29 is 19.4 Å². The lowest BCUT2D eigenvalue weighted by molar-refractivity contribution is -0.143. The van der Waals surface area contributed by atoms with Crippen molar-refractivity contribution in [1.29, 1.82) is 0 Å². The first kappa shape index (κ1) is 40.1. The normalized spacial score (nSPS) is 10.9. The van der Waals surface area contributed by atoms with Gasteiger partial charge in [-0.2, -0.15) is 0 Å². The first-order chi connectivity index (χ1) is 18.9. The highest BCUT2D eigenvalue weighted by Crippen LogP contribution is 2.15. The summed E-state index contributed by atoms with van der Waals surface area (Å²) < 4.78 is 5.04. The maximum Gasteiger partial charge on any atom is 0.305 e. The largest absolute Gasteiger partial charge is 0.481 e. The van der Waals surface area contributed by atoms with Crippen LogP contribution in [0.2, 0.25) is 0 Å².